The number of carbonyl (C=O) groups excluding carboxylic acids is 1. The van der Waals surface area contributed by atoms with E-state index in [1.54, 1.807) is 36.4 Å². The van der Waals surface area contributed by atoms with E-state index in [-0.39, 0.29) is 24.9 Å². The number of hydrogen-bond acceptors (Lipinski definition) is 5. The molecule has 7 heteroatoms. The van der Waals surface area contributed by atoms with Gasteiger partial charge in [-0.1, -0.05) is 24.3 Å². The maximum absolute atomic E-state index is 12.0. The van der Waals surface area contributed by atoms with E-state index in [0.29, 0.717) is 12.2 Å². The molecule has 1 amide bonds. The summed E-state index contributed by atoms with van der Waals surface area (Å²) in [5, 5.41) is 12.4. The molecule has 2 N–H and O–H groups in total. The highest BCUT2D eigenvalue weighted by molar-refractivity contribution is 6.03. The minimum Gasteiger partial charge on any atom is -0.389 e. The number of nitrogens with one attached hydrogen (secondary N) is 1. The molecule has 0 aliphatic heterocycles. The third kappa shape index (κ3) is 5.15. The lowest BCUT2D eigenvalue weighted by Crippen LogP contribution is -2.31. The molecule has 1 heterocycles. The topological polar surface area (TPSA) is 93.4 Å². The Bertz CT molecular complexity index is 743. The summed E-state index contributed by atoms with van der Waals surface area (Å²) in [4.78, 5) is 27.8. The number of benzene rings is 1. The van der Waals surface area contributed by atoms with Gasteiger partial charge in [0, 0.05) is 11.8 Å². The van der Waals surface area contributed by atoms with Gasteiger partial charge in [0.1, 0.15) is 5.82 Å². The Balaban J connectivity index is 1.98. The van der Waals surface area contributed by atoms with Crippen LogP contribution in [-0.2, 0) is 11.3 Å². The van der Waals surface area contributed by atoms with Crippen LogP contribution >= 0.6 is 0 Å². The monoisotopic (exact) mass is 329 g/mol. The minimum absolute atomic E-state index is 0.0515. The van der Waals surface area contributed by atoms with Crippen molar-refractivity contribution in [3.63, 3.8) is 0 Å². The molecule has 0 saturated heterocycles. The summed E-state index contributed by atoms with van der Waals surface area (Å²) in [7, 11) is 0. The lowest BCUT2D eigenvalue weighted by molar-refractivity contribution is 0.0389. The molecular weight excluding hydrogens is 310 g/mol. The second-order valence-corrected chi connectivity index (χ2v) is 5.05. The van der Waals surface area contributed by atoms with Gasteiger partial charge in [-0.2, -0.15) is 4.98 Å². The quantitative estimate of drug-likeness (QED) is 0.558. The van der Waals surface area contributed by atoms with Crippen molar-refractivity contribution in [3.8, 4) is 0 Å². The van der Waals surface area contributed by atoms with E-state index in [4.69, 9.17) is 4.74 Å². The zero-order valence-corrected chi connectivity index (χ0v) is 13.1. The molecule has 0 radical (unpaired) electrons. The van der Waals surface area contributed by atoms with Crippen molar-refractivity contribution in [1.29, 1.82) is 0 Å². The highest BCUT2D eigenvalue weighted by atomic mass is 16.5. The summed E-state index contributed by atoms with van der Waals surface area (Å²) in [6, 6.07) is 10.1. The Morgan fingerprint density at radius 2 is 2.12 bits per heavy atom. The molecule has 2 rings (SSSR count). The summed E-state index contributed by atoms with van der Waals surface area (Å²) < 4.78 is 6.37. The first-order chi connectivity index (χ1) is 11.6. The standard InChI is InChI=1S/C17H19N3O4/c1-2-10-24-12-14(21)11-20-9-8-15(19-17(20)23)18-16(22)13-6-4-3-5-7-13/h2-9,14,21H,1,10-12H2,(H,18,19,22,23). The van der Waals surface area contributed by atoms with E-state index in [9.17, 15) is 14.7 Å². The number of anilines is 1. The fraction of sp³-hybridized carbons (Fsp3) is 0.235. The molecule has 1 aromatic heterocycles. The van der Waals surface area contributed by atoms with Crippen LogP contribution in [0.3, 0.4) is 0 Å². The van der Waals surface area contributed by atoms with Gasteiger partial charge < -0.3 is 15.2 Å². The smallest absolute Gasteiger partial charge is 0.349 e. The highest BCUT2D eigenvalue weighted by Gasteiger charge is 2.10. The molecule has 1 unspecified atom stereocenters. The number of amides is 1. The van der Waals surface area contributed by atoms with Gasteiger partial charge in [-0.25, -0.2) is 4.79 Å². The van der Waals surface area contributed by atoms with Gasteiger partial charge in [-0.15, -0.1) is 6.58 Å². The molecule has 2 aromatic rings. The van der Waals surface area contributed by atoms with E-state index < -0.39 is 11.8 Å². The molecule has 126 valence electrons. The second kappa shape index (κ2) is 8.76. The lowest BCUT2D eigenvalue weighted by Gasteiger charge is -2.12. The molecule has 0 spiro atoms. The van der Waals surface area contributed by atoms with Gasteiger partial charge in [-0.3, -0.25) is 9.36 Å². The van der Waals surface area contributed by atoms with Crippen LogP contribution in [0.1, 0.15) is 10.4 Å². The predicted octanol–water partition coefficient (Wildman–Crippen LogP) is 1.06. The third-order valence-corrected chi connectivity index (χ3v) is 3.11. The first-order valence-electron chi connectivity index (χ1n) is 7.40. The molecule has 0 aliphatic carbocycles. The van der Waals surface area contributed by atoms with Gasteiger partial charge in [0.05, 0.1) is 25.9 Å². The van der Waals surface area contributed by atoms with E-state index in [2.05, 4.69) is 16.9 Å². The Hall–Kier alpha value is -2.77. The average Bonchev–Trinajstić information content (AvgIpc) is 2.58. The summed E-state index contributed by atoms with van der Waals surface area (Å²) >= 11 is 0. The number of nitrogens with zero attached hydrogens (tertiary/aromatic N) is 2. The largest absolute Gasteiger partial charge is 0.389 e. The summed E-state index contributed by atoms with van der Waals surface area (Å²) in [6.45, 7) is 3.97. The predicted molar refractivity (Wildman–Crippen MR) is 89.9 cm³/mol. The van der Waals surface area contributed by atoms with Gasteiger partial charge in [0.2, 0.25) is 0 Å². The number of aliphatic hydroxyl groups excluding tert-OH is 1. The maximum Gasteiger partial charge on any atom is 0.349 e. The van der Waals surface area contributed by atoms with Crippen molar-refractivity contribution < 1.29 is 14.6 Å². The number of carbonyl (C=O) groups is 1. The zero-order chi connectivity index (χ0) is 17.4. The molecule has 7 nitrogen and oxygen atoms in total. The Morgan fingerprint density at radius 3 is 2.79 bits per heavy atom. The van der Waals surface area contributed by atoms with Crippen molar-refractivity contribution in [3.05, 3.63) is 71.3 Å². The van der Waals surface area contributed by atoms with Crippen LogP contribution < -0.4 is 11.0 Å². The summed E-state index contributed by atoms with van der Waals surface area (Å²) in [5.74, 6) is -0.194. The highest BCUT2D eigenvalue weighted by Crippen LogP contribution is 2.04. The van der Waals surface area contributed by atoms with Crippen LogP contribution in [0.5, 0.6) is 0 Å². The van der Waals surface area contributed by atoms with Crippen molar-refractivity contribution in [2.75, 3.05) is 18.5 Å². The fourth-order valence-corrected chi connectivity index (χ4v) is 1.98. The van der Waals surface area contributed by atoms with Crippen molar-refractivity contribution >= 4 is 11.7 Å². The SMILES string of the molecule is C=CCOCC(O)Cn1ccc(NC(=O)c2ccccc2)nc1=O. The molecule has 1 atom stereocenters. The Kier molecular flexibility index (Phi) is 6.41. The van der Waals surface area contributed by atoms with E-state index >= 15 is 0 Å². The van der Waals surface area contributed by atoms with Crippen LogP contribution in [0.25, 0.3) is 0 Å². The number of rotatable bonds is 8. The molecule has 0 bridgehead atoms. The Labute approximate surface area is 139 Å². The lowest BCUT2D eigenvalue weighted by atomic mass is 10.2. The maximum atomic E-state index is 12.0. The normalized spacial score (nSPS) is 11.7. The van der Waals surface area contributed by atoms with Crippen LogP contribution in [0.4, 0.5) is 5.82 Å². The molecular formula is C17H19N3O4. The van der Waals surface area contributed by atoms with Gasteiger partial charge in [-0.05, 0) is 18.2 Å². The second-order valence-electron chi connectivity index (χ2n) is 5.05. The van der Waals surface area contributed by atoms with Gasteiger partial charge >= 0.3 is 5.69 Å². The number of hydrogen-bond donors (Lipinski definition) is 2. The van der Waals surface area contributed by atoms with Gasteiger partial charge in [0.15, 0.2) is 0 Å². The van der Waals surface area contributed by atoms with E-state index in [0.717, 1.165) is 0 Å². The molecule has 0 aliphatic rings. The number of aromatic nitrogens is 2. The van der Waals surface area contributed by atoms with E-state index in [1.807, 2.05) is 0 Å². The molecule has 0 fully saturated rings. The first-order valence-corrected chi connectivity index (χ1v) is 7.40. The molecule has 24 heavy (non-hydrogen) atoms. The van der Waals surface area contributed by atoms with Gasteiger partial charge in [0.25, 0.3) is 5.91 Å². The minimum atomic E-state index is -0.839. The summed E-state index contributed by atoms with van der Waals surface area (Å²) in [5.41, 5.74) is -0.0955. The van der Waals surface area contributed by atoms with Crippen LogP contribution in [0, 0.1) is 0 Å². The molecule has 1 aromatic carbocycles. The van der Waals surface area contributed by atoms with Crippen LogP contribution in [-0.4, -0.2) is 39.9 Å². The first kappa shape index (κ1) is 17.6. The molecule has 0 saturated carbocycles. The average molecular weight is 329 g/mol. The zero-order valence-electron chi connectivity index (χ0n) is 13.1. The van der Waals surface area contributed by atoms with Crippen molar-refractivity contribution in [2.45, 2.75) is 12.6 Å². The third-order valence-electron chi connectivity index (χ3n) is 3.11. The van der Waals surface area contributed by atoms with Crippen molar-refractivity contribution in [1.82, 2.24) is 9.55 Å². The number of ether oxygens (including phenoxy) is 1. The van der Waals surface area contributed by atoms with Crippen molar-refractivity contribution in [2.24, 2.45) is 0 Å². The fourth-order valence-electron chi connectivity index (χ4n) is 1.98. The number of aliphatic hydroxyl groups is 1. The van der Waals surface area contributed by atoms with Crippen LogP contribution in [0.15, 0.2) is 60.0 Å². The Morgan fingerprint density at radius 1 is 1.38 bits per heavy atom. The van der Waals surface area contributed by atoms with Crippen LogP contribution in [0.2, 0.25) is 0 Å². The summed E-state index contributed by atoms with van der Waals surface area (Å²) in [6.07, 6.45) is 2.20. The van der Waals surface area contributed by atoms with E-state index in [1.165, 1.54) is 16.8 Å².